The zero-order chi connectivity index (χ0) is 17.9. The Labute approximate surface area is 156 Å². The number of carbonyl (C=O) groups excluding carboxylic acids is 1. The molecule has 4 rings (SSSR count). The largest absolute Gasteiger partial charge is 0.339 e. The highest BCUT2D eigenvalue weighted by molar-refractivity contribution is 6.30. The minimum Gasteiger partial charge on any atom is -0.339 e. The molecule has 6 heteroatoms. The van der Waals surface area contributed by atoms with Crippen LogP contribution in [0.1, 0.15) is 21.6 Å². The summed E-state index contributed by atoms with van der Waals surface area (Å²) in [7, 11) is 0. The lowest BCUT2D eigenvalue weighted by molar-refractivity contribution is 0.0727. The van der Waals surface area contributed by atoms with Crippen molar-refractivity contribution >= 4 is 29.0 Å². The van der Waals surface area contributed by atoms with Crippen LogP contribution >= 0.6 is 11.6 Å². The first-order chi connectivity index (χ1) is 12.7. The van der Waals surface area contributed by atoms with E-state index in [0.29, 0.717) is 29.6 Å². The van der Waals surface area contributed by atoms with Gasteiger partial charge in [0.05, 0.1) is 0 Å². The monoisotopic (exact) mass is 364 g/mol. The molecule has 1 N–H and O–H groups in total. The Balaban J connectivity index is 1.46. The van der Waals surface area contributed by atoms with Gasteiger partial charge in [0.25, 0.3) is 5.91 Å². The highest BCUT2D eigenvalue weighted by atomic mass is 35.5. The number of hydrogen-bond donors (Lipinski definition) is 1. The van der Waals surface area contributed by atoms with E-state index in [1.54, 1.807) is 24.3 Å². The summed E-state index contributed by atoms with van der Waals surface area (Å²) in [6, 6.07) is 19.0. The molecule has 0 aliphatic carbocycles. The van der Waals surface area contributed by atoms with E-state index in [2.05, 4.69) is 27.6 Å². The first-order valence-electron chi connectivity index (χ1n) is 8.41. The lowest BCUT2D eigenvalue weighted by Crippen LogP contribution is -2.36. The van der Waals surface area contributed by atoms with Gasteiger partial charge in [-0.15, -0.1) is 10.2 Å². The summed E-state index contributed by atoms with van der Waals surface area (Å²) >= 11 is 5.97. The molecule has 3 aromatic rings. The fourth-order valence-electron chi connectivity index (χ4n) is 3.06. The summed E-state index contributed by atoms with van der Waals surface area (Å²) in [5.41, 5.74) is 3.67. The number of nitrogens with zero attached hydrogens (tertiary/aromatic N) is 3. The van der Waals surface area contributed by atoms with Crippen molar-refractivity contribution in [3.63, 3.8) is 0 Å². The molecule has 0 atom stereocenters. The Kier molecular flexibility index (Phi) is 4.54. The van der Waals surface area contributed by atoms with Gasteiger partial charge in [-0.1, -0.05) is 41.9 Å². The van der Waals surface area contributed by atoms with Crippen molar-refractivity contribution in [1.29, 1.82) is 0 Å². The molecule has 5 nitrogen and oxygen atoms in total. The van der Waals surface area contributed by atoms with E-state index < -0.39 is 0 Å². The van der Waals surface area contributed by atoms with Gasteiger partial charge in [-0.25, -0.2) is 0 Å². The molecule has 1 amide bonds. The zero-order valence-corrected chi connectivity index (χ0v) is 14.8. The van der Waals surface area contributed by atoms with E-state index in [1.807, 2.05) is 29.2 Å². The predicted molar refractivity (Wildman–Crippen MR) is 102 cm³/mol. The fourth-order valence-corrected chi connectivity index (χ4v) is 3.25. The number of benzene rings is 2. The van der Waals surface area contributed by atoms with E-state index in [9.17, 15) is 4.79 Å². The Morgan fingerprint density at radius 3 is 2.62 bits per heavy atom. The Bertz CT molecular complexity index is 943. The van der Waals surface area contributed by atoms with Crippen LogP contribution in [0.3, 0.4) is 0 Å². The third kappa shape index (κ3) is 3.53. The number of amides is 1. The second-order valence-electron chi connectivity index (χ2n) is 6.18. The molecule has 0 bridgehead atoms. The molecule has 0 radical (unpaired) electrons. The molecule has 130 valence electrons. The van der Waals surface area contributed by atoms with Crippen molar-refractivity contribution in [3.05, 3.63) is 82.5 Å². The van der Waals surface area contributed by atoms with Gasteiger partial charge in [0.2, 0.25) is 0 Å². The number of rotatable bonds is 3. The van der Waals surface area contributed by atoms with E-state index in [-0.39, 0.29) is 5.91 Å². The molecule has 0 unspecified atom stereocenters. The minimum absolute atomic E-state index is 0.0960. The lowest BCUT2D eigenvalue weighted by atomic mass is 10.00. The highest BCUT2D eigenvalue weighted by Crippen LogP contribution is 2.21. The SMILES string of the molecule is O=C(c1ccc(Nc2cccc(Cl)c2)nn1)N1CCc2ccccc2C1. The van der Waals surface area contributed by atoms with Crippen molar-refractivity contribution in [2.45, 2.75) is 13.0 Å². The number of anilines is 2. The van der Waals surface area contributed by atoms with Gasteiger partial charge in [0.1, 0.15) is 0 Å². The first-order valence-corrected chi connectivity index (χ1v) is 8.79. The molecule has 0 saturated carbocycles. The van der Waals surface area contributed by atoms with Crippen LogP contribution in [0.5, 0.6) is 0 Å². The van der Waals surface area contributed by atoms with Crippen LogP contribution in [0.15, 0.2) is 60.7 Å². The topological polar surface area (TPSA) is 58.1 Å². The summed E-state index contributed by atoms with van der Waals surface area (Å²) in [4.78, 5) is 14.5. The maximum absolute atomic E-state index is 12.7. The maximum Gasteiger partial charge on any atom is 0.274 e. The third-order valence-electron chi connectivity index (χ3n) is 4.40. The molecule has 0 spiro atoms. The van der Waals surface area contributed by atoms with Crippen molar-refractivity contribution in [2.24, 2.45) is 0 Å². The number of aromatic nitrogens is 2. The average Bonchev–Trinajstić information content (AvgIpc) is 2.68. The van der Waals surface area contributed by atoms with E-state index in [4.69, 9.17) is 11.6 Å². The summed E-state index contributed by atoms with van der Waals surface area (Å²) in [5, 5.41) is 12.0. The van der Waals surface area contributed by atoms with Crippen LogP contribution in [-0.2, 0) is 13.0 Å². The van der Waals surface area contributed by atoms with Crippen molar-refractivity contribution in [1.82, 2.24) is 15.1 Å². The predicted octanol–water partition coefficient (Wildman–Crippen LogP) is 4.07. The minimum atomic E-state index is -0.0960. The molecule has 0 fully saturated rings. The molecule has 2 heterocycles. The first kappa shape index (κ1) is 16.5. The molecular weight excluding hydrogens is 348 g/mol. The van der Waals surface area contributed by atoms with Crippen LogP contribution in [0.2, 0.25) is 5.02 Å². The van der Waals surface area contributed by atoms with Gasteiger partial charge in [-0.05, 0) is 47.9 Å². The van der Waals surface area contributed by atoms with Crippen LogP contribution in [-0.4, -0.2) is 27.5 Å². The highest BCUT2D eigenvalue weighted by Gasteiger charge is 2.22. The molecule has 1 aromatic heterocycles. The van der Waals surface area contributed by atoms with Gasteiger partial charge in [-0.2, -0.15) is 0 Å². The molecule has 1 aliphatic rings. The maximum atomic E-state index is 12.7. The third-order valence-corrected chi connectivity index (χ3v) is 4.63. The smallest absolute Gasteiger partial charge is 0.274 e. The Morgan fingerprint density at radius 2 is 1.85 bits per heavy atom. The molecule has 0 saturated heterocycles. The molecular formula is C20H17ClN4O. The molecule has 1 aliphatic heterocycles. The lowest BCUT2D eigenvalue weighted by Gasteiger charge is -2.28. The van der Waals surface area contributed by atoms with Gasteiger partial charge in [0.15, 0.2) is 11.5 Å². The van der Waals surface area contributed by atoms with Crippen LogP contribution in [0.25, 0.3) is 0 Å². The average molecular weight is 365 g/mol. The summed E-state index contributed by atoms with van der Waals surface area (Å²) in [5.74, 6) is 0.467. The number of hydrogen-bond acceptors (Lipinski definition) is 4. The quantitative estimate of drug-likeness (QED) is 0.761. The standard InChI is InChI=1S/C20H17ClN4O/c21-16-6-3-7-17(12-16)22-19-9-8-18(23-24-19)20(26)25-11-10-14-4-1-2-5-15(14)13-25/h1-9,12H,10-11,13H2,(H,22,24). The van der Waals surface area contributed by atoms with E-state index >= 15 is 0 Å². The van der Waals surface area contributed by atoms with Crippen molar-refractivity contribution < 1.29 is 4.79 Å². The number of fused-ring (bicyclic) bond motifs is 1. The second kappa shape index (κ2) is 7.14. The summed E-state index contributed by atoms with van der Waals surface area (Å²) in [6.45, 7) is 1.30. The molecule has 2 aromatic carbocycles. The Morgan fingerprint density at radius 1 is 1.00 bits per heavy atom. The van der Waals surface area contributed by atoms with Gasteiger partial charge in [-0.3, -0.25) is 4.79 Å². The van der Waals surface area contributed by atoms with Gasteiger partial charge < -0.3 is 10.2 Å². The van der Waals surface area contributed by atoms with E-state index in [0.717, 1.165) is 12.1 Å². The van der Waals surface area contributed by atoms with Crippen LogP contribution in [0, 0.1) is 0 Å². The number of carbonyl (C=O) groups is 1. The Hall–Kier alpha value is -2.92. The molecule has 26 heavy (non-hydrogen) atoms. The fraction of sp³-hybridized carbons (Fsp3) is 0.150. The summed E-state index contributed by atoms with van der Waals surface area (Å²) in [6.07, 6.45) is 0.865. The van der Waals surface area contributed by atoms with Gasteiger partial charge in [0, 0.05) is 23.8 Å². The number of halogens is 1. The van der Waals surface area contributed by atoms with E-state index in [1.165, 1.54) is 11.1 Å². The van der Waals surface area contributed by atoms with Crippen molar-refractivity contribution in [2.75, 3.05) is 11.9 Å². The normalized spacial score (nSPS) is 13.2. The van der Waals surface area contributed by atoms with Crippen LogP contribution in [0.4, 0.5) is 11.5 Å². The van der Waals surface area contributed by atoms with Crippen molar-refractivity contribution in [3.8, 4) is 0 Å². The second-order valence-corrected chi connectivity index (χ2v) is 6.62. The van der Waals surface area contributed by atoms with Crippen LogP contribution < -0.4 is 5.32 Å². The zero-order valence-electron chi connectivity index (χ0n) is 14.0. The number of nitrogens with one attached hydrogen (secondary N) is 1. The van der Waals surface area contributed by atoms with Gasteiger partial charge >= 0.3 is 0 Å². The summed E-state index contributed by atoms with van der Waals surface area (Å²) < 4.78 is 0.